The molecule has 0 aromatic heterocycles. The number of aliphatic hydroxyl groups excluding tert-OH is 1. The van der Waals surface area contributed by atoms with Crippen LogP contribution in [0.4, 0.5) is 17.6 Å². The molecule has 0 heterocycles. The van der Waals surface area contributed by atoms with Gasteiger partial charge in [-0.3, -0.25) is 0 Å². The lowest BCUT2D eigenvalue weighted by Gasteiger charge is -2.30. The van der Waals surface area contributed by atoms with Gasteiger partial charge < -0.3 is 5.11 Å². The maximum Gasteiger partial charge on any atom is 0.394 e. The molecule has 12 heavy (non-hydrogen) atoms. The van der Waals surface area contributed by atoms with Gasteiger partial charge >= 0.3 is 6.18 Å². The predicted molar refractivity (Wildman–Crippen MR) is 34.3 cm³/mol. The number of rotatable bonds is 0. The second-order valence-corrected chi connectivity index (χ2v) is 3.13. The van der Waals surface area contributed by atoms with Crippen molar-refractivity contribution >= 4 is 0 Å². The summed E-state index contributed by atoms with van der Waals surface area (Å²) in [5, 5.41) is 8.89. The van der Waals surface area contributed by atoms with Crippen LogP contribution in [0, 0.1) is 5.92 Å². The number of aliphatic hydroxyl groups is 1. The molecule has 0 spiro atoms. The fourth-order valence-corrected chi connectivity index (χ4v) is 1.45. The lowest BCUT2D eigenvalue weighted by molar-refractivity contribution is -0.206. The van der Waals surface area contributed by atoms with Crippen LogP contribution in [-0.2, 0) is 0 Å². The summed E-state index contributed by atoms with van der Waals surface area (Å²) in [6, 6.07) is 0. The van der Waals surface area contributed by atoms with Gasteiger partial charge in [0.05, 0.1) is 12.0 Å². The summed E-state index contributed by atoms with van der Waals surface area (Å²) in [5.41, 5.74) is 0. The summed E-state index contributed by atoms with van der Waals surface area (Å²) in [7, 11) is 0. The van der Waals surface area contributed by atoms with Crippen molar-refractivity contribution < 1.29 is 22.7 Å². The molecular formula is C7H10F4O. The Morgan fingerprint density at radius 3 is 2.17 bits per heavy atom. The van der Waals surface area contributed by atoms with Gasteiger partial charge in [-0.25, -0.2) is 4.39 Å². The van der Waals surface area contributed by atoms with Crippen LogP contribution in [-0.4, -0.2) is 23.6 Å². The Morgan fingerprint density at radius 1 is 1.17 bits per heavy atom. The maximum atomic E-state index is 12.7. The van der Waals surface area contributed by atoms with E-state index in [9.17, 15) is 17.6 Å². The highest BCUT2D eigenvalue weighted by atomic mass is 19.4. The SMILES string of the molecule is OC1CCC(F)C(C(F)(F)F)C1. The molecule has 0 saturated heterocycles. The minimum atomic E-state index is -4.51. The number of alkyl halides is 4. The highest BCUT2D eigenvalue weighted by molar-refractivity contribution is 4.84. The molecule has 0 aromatic carbocycles. The molecule has 1 aliphatic carbocycles. The molecule has 1 saturated carbocycles. The van der Waals surface area contributed by atoms with E-state index in [1.807, 2.05) is 0 Å². The Kier molecular flexibility index (Phi) is 2.61. The zero-order valence-electron chi connectivity index (χ0n) is 6.31. The molecule has 1 N–H and O–H groups in total. The zero-order valence-corrected chi connectivity index (χ0v) is 6.31. The van der Waals surface area contributed by atoms with Crippen LogP contribution in [0.2, 0.25) is 0 Å². The summed E-state index contributed by atoms with van der Waals surface area (Å²) in [4.78, 5) is 0. The average Bonchev–Trinajstić information content (AvgIpc) is 1.92. The van der Waals surface area contributed by atoms with Crippen LogP contribution in [0.1, 0.15) is 19.3 Å². The second kappa shape index (κ2) is 3.20. The number of hydrogen-bond donors (Lipinski definition) is 1. The van der Waals surface area contributed by atoms with Crippen LogP contribution in [0.25, 0.3) is 0 Å². The normalized spacial score (nSPS) is 38.2. The fourth-order valence-electron chi connectivity index (χ4n) is 1.45. The summed E-state index contributed by atoms with van der Waals surface area (Å²) < 4.78 is 48.7. The van der Waals surface area contributed by atoms with E-state index in [4.69, 9.17) is 5.11 Å². The highest BCUT2D eigenvalue weighted by Gasteiger charge is 2.47. The van der Waals surface area contributed by atoms with E-state index in [0.29, 0.717) is 0 Å². The van der Waals surface area contributed by atoms with E-state index >= 15 is 0 Å². The van der Waals surface area contributed by atoms with Crippen LogP contribution in [0.5, 0.6) is 0 Å². The predicted octanol–water partition coefficient (Wildman–Crippen LogP) is 2.05. The third kappa shape index (κ3) is 2.09. The first kappa shape index (κ1) is 9.77. The molecule has 1 fully saturated rings. The Morgan fingerprint density at radius 2 is 1.75 bits per heavy atom. The minimum absolute atomic E-state index is 0.133. The first-order valence-corrected chi connectivity index (χ1v) is 3.80. The van der Waals surface area contributed by atoms with E-state index in [2.05, 4.69) is 0 Å². The first-order chi connectivity index (χ1) is 5.41. The van der Waals surface area contributed by atoms with Crippen LogP contribution < -0.4 is 0 Å². The molecule has 3 atom stereocenters. The summed E-state index contributed by atoms with van der Waals surface area (Å²) in [5.74, 6) is -1.97. The van der Waals surface area contributed by atoms with Crippen molar-refractivity contribution in [2.45, 2.75) is 37.7 Å². The molecule has 0 aromatic rings. The third-order valence-electron chi connectivity index (χ3n) is 2.16. The van der Waals surface area contributed by atoms with Crippen LogP contribution in [0.15, 0.2) is 0 Å². The van der Waals surface area contributed by atoms with Gasteiger partial charge in [0.25, 0.3) is 0 Å². The van der Waals surface area contributed by atoms with Gasteiger partial charge in [0.2, 0.25) is 0 Å². The monoisotopic (exact) mass is 186 g/mol. The van der Waals surface area contributed by atoms with Crippen molar-refractivity contribution in [3.05, 3.63) is 0 Å². The summed E-state index contributed by atoms with van der Waals surface area (Å²) in [6.07, 6.45) is -7.90. The van der Waals surface area contributed by atoms with Crippen molar-refractivity contribution in [3.8, 4) is 0 Å². The first-order valence-electron chi connectivity index (χ1n) is 3.80. The highest BCUT2D eigenvalue weighted by Crippen LogP contribution is 2.39. The summed E-state index contributed by atoms with van der Waals surface area (Å²) in [6.45, 7) is 0. The van der Waals surface area contributed by atoms with Crippen LogP contribution in [0.3, 0.4) is 0 Å². The van der Waals surface area contributed by atoms with Crippen molar-refractivity contribution in [3.63, 3.8) is 0 Å². The summed E-state index contributed by atoms with van der Waals surface area (Å²) >= 11 is 0. The van der Waals surface area contributed by atoms with Gasteiger partial charge in [-0.1, -0.05) is 0 Å². The molecular weight excluding hydrogens is 176 g/mol. The molecule has 1 rings (SSSR count). The quantitative estimate of drug-likeness (QED) is 0.574. The molecule has 1 aliphatic rings. The van der Waals surface area contributed by atoms with Gasteiger partial charge in [-0.05, 0) is 19.3 Å². The maximum absolute atomic E-state index is 12.7. The van der Waals surface area contributed by atoms with Crippen molar-refractivity contribution in [1.82, 2.24) is 0 Å². The molecule has 0 radical (unpaired) electrons. The fraction of sp³-hybridized carbons (Fsp3) is 1.00. The molecule has 0 bridgehead atoms. The van der Waals surface area contributed by atoms with E-state index in [-0.39, 0.29) is 12.8 Å². The molecule has 5 heteroatoms. The van der Waals surface area contributed by atoms with Gasteiger partial charge in [-0.15, -0.1) is 0 Å². The van der Waals surface area contributed by atoms with Crippen molar-refractivity contribution in [2.24, 2.45) is 5.92 Å². The van der Waals surface area contributed by atoms with Crippen LogP contribution >= 0.6 is 0 Å². The van der Waals surface area contributed by atoms with E-state index in [1.54, 1.807) is 0 Å². The third-order valence-corrected chi connectivity index (χ3v) is 2.16. The number of halogens is 4. The van der Waals surface area contributed by atoms with Gasteiger partial charge in [0.15, 0.2) is 0 Å². The molecule has 0 amide bonds. The molecule has 1 nitrogen and oxygen atoms in total. The average molecular weight is 186 g/mol. The Bertz CT molecular complexity index is 156. The van der Waals surface area contributed by atoms with Gasteiger partial charge in [-0.2, -0.15) is 13.2 Å². The minimum Gasteiger partial charge on any atom is -0.393 e. The lowest BCUT2D eigenvalue weighted by atomic mass is 9.85. The van der Waals surface area contributed by atoms with Gasteiger partial charge in [0.1, 0.15) is 6.17 Å². The topological polar surface area (TPSA) is 20.2 Å². The van der Waals surface area contributed by atoms with Crippen molar-refractivity contribution in [1.29, 1.82) is 0 Å². The largest absolute Gasteiger partial charge is 0.394 e. The molecule has 3 unspecified atom stereocenters. The zero-order chi connectivity index (χ0) is 9.35. The van der Waals surface area contributed by atoms with E-state index < -0.39 is 30.8 Å². The lowest BCUT2D eigenvalue weighted by Crippen LogP contribution is -2.38. The van der Waals surface area contributed by atoms with E-state index in [1.165, 1.54) is 0 Å². The van der Waals surface area contributed by atoms with E-state index in [0.717, 1.165) is 0 Å². The van der Waals surface area contributed by atoms with Crippen molar-refractivity contribution in [2.75, 3.05) is 0 Å². The standard InChI is InChI=1S/C7H10F4O/c8-6-2-1-4(12)3-5(6)7(9,10)11/h4-6,12H,1-3H2. The molecule has 0 aliphatic heterocycles. The van der Waals surface area contributed by atoms with Gasteiger partial charge in [0, 0.05) is 0 Å². The molecule has 72 valence electrons. The number of hydrogen-bond acceptors (Lipinski definition) is 1. The Hall–Kier alpha value is -0.320. The smallest absolute Gasteiger partial charge is 0.393 e. The Labute approximate surface area is 67.4 Å². The second-order valence-electron chi connectivity index (χ2n) is 3.13. The Balaban J connectivity index is 2.61.